The zero-order valence-electron chi connectivity index (χ0n) is 23.0. The van der Waals surface area contributed by atoms with Gasteiger partial charge in [-0.2, -0.15) is 0 Å². The van der Waals surface area contributed by atoms with Crippen molar-refractivity contribution in [3.8, 4) is 5.75 Å². The summed E-state index contributed by atoms with van der Waals surface area (Å²) in [5, 5.41) is 22.9. The number of aliphatic carboxylic acids is 1. The fraction of sp³-hybridized carbons (Fsp3) is 0.640. The molecule has 0 bridgehead atoms. The molecule has 0 unspecified atom stereocenters. The van der Waals surface area contributed by atoms with Crippen LogP contribution < -0.4 is 20.1 Å². The smallest absolute Gasteiger partial charge is 0.326 e. The fourth-order valence-corrected chi connectivity index (χ4v) is 6.42. The minimum Gasteiger partial charge on any atom is -0.487 e. The SMILES string of the molecule is Cc1c(C)c(S(=O)(=O)NC(=N)NCCC[C@H](NC(=O)N2CCN(C)CC2)C(=O)O)c(C)c2c1OC(C)(C)C2. The molecule has 1 aromatic rings. The first-order valence-corrected chi connectivity index (χ1v) is 14.2. The largest absolute Gasteiger partial charge is 0.487 e. The molecule has 12 nitrogen and oxygen atoms in total. The second kappa shape index (κ2) is 11.4. The lowest BCUT2D eigenvalue weighted by atomic mass is 9.94. The van der Waals surface area contributed by atoms with Crippen LogP contribution in [-0.4, -0.2) is 92.7 Å². The first-order chi connectivity index (χ1) is 17.6. The van der Waals surface area contributed by atoms with Crippen molar-refractivity contribution in [3.63, 3.8) is 0 Å². The number of amides is 2. The molecule has 0 aromatic heterocycles. The Labute approximate surface area is 224 Å². The van der Waals surface area contributed by atoms with Gasteiger partial charge in [-0.25, -0.2) is 22.7 Å². The number of nitrogens with one attached hydrogen (secondary N) is 4. The number of carboxylic acids is 1. The third-order valence-corrected chi connectivity index (χ3v) is 8.78. The maximum Gasteiger partial charge on any atom is 0.326 e. The minimum atomic E-state index is -4.05. The van der Waals surface area contributed by atoms with Gasteiger partial charge in [0.2, 0.25) is 5.96 Å². The molecule has 0 spiro atoms. The second-order valence-electron chi connectivity index (χ2n) is 10.7. The van der Waals surface area contributed by atoms with Crippen molar-refractivity contribution < 1.29 is 27.9 Å². The third-order valence-electron chi connectivity index (χ3n) is 7.15. The highest BCUT2D eigenvalue weighted by Gasteiger charge is 2.36. The molecule has 2 aliphatic heterocycles. The van der Waals surface area contributed by atoms with Crippen molar-refractivity contribution in [2.45, 2.75) is 70.4 Å². The first-order valence-electron chi connectivity index (χ1n) is 12.8. The average Bonchev–Trinajstić information content (AvgIpc) is 3.15. The Kier molecular flexibility index (Phi) is 8.82. The number of urea groups is 1. The minimum absolute atomic E-state index is 0.125. The molecule has 0 saturated carbocycles. The third kappa shape index (κ3) is 6.68. The number of hydrogen-bond acceptors (Lipinski definition) is 7. The number of likely N-dealkylation sites (N-methyl/N-ethyl adjacent to an activating group) is 1. The van der Waals surface area contributed by atoms with E-state index in [2.05, 4.69) is 20.3 Å². The molecule has 2 aliphatic rings. The van der Waals surface area contributed by atoms with E-state index >= 15 is 0 Å². The average molecular weight is 553 g/mol. The van der Waals surface area contributed by atoms with Crippen molar-refractivity contribution in [1.82, 2.24) is 25.2 Å². The van der Waals surface area contributed by atoms with E-state index in [4.69, 9.17) is 10.1 Å². The molecule has 0 radical (unpaired) electrons. The maximum absolute atomic E-state index is 13.3. The standard InChI is InChI=1S/C25H40N6O6S/c1-15-16(2)21(17(3)18-14-25(4,5)37-20(15)18)38(35,36)29-23(26)27-9-7-8-19(22(32)33)28-24(34)31-12-10-30(6)11-13-31/h19H,7-14H2,1-6H3,(H,28,34)(H,32,33)(H3,26,27,29)/t19-/m0/s1. The Morgan fingerprint density at radius 2 is 1.74 bits per heavy atom. The van der Waals surface area contributed by atoms with E-state index < -0.39 is 39.6 Å². The van der Waals surface area contributed by atoms with E-state index in [1.54, 1.807) is 18.7 Å². The Morgan fingerprint density at radius 3 is 2.34 bits per heavy atom. The Morgan fingerprint density at radius 1 is 1.11 bits per heavy atom. The van der Waals surface area contributed by atoms with Gasteiger partial charge in [-0.1, -0.05) is 0 Å². The number of piperazine rings is 1. The highest BCUT2D eigenvalue weighted by atomic mass is 32.2. The van der Waals surface area contributed by atoms with Crippen LogP contribution in [0, 0.1) is 26.2 Å². The number of benzene rings is 1. The summed E-state index contributed by atoms with van der Waals surface area (Å²) in [7, 11) is -2.09. The van der Waals surface area contributed by atoms with Gasteiger partial charge < -0.3 is 30.3 Å². The van der Waals surface area contributed by atoms with Gasteiger partial charge in [0.05, 0.1) is 4.90 Å². The van der Waals surface area contributed by atoms with Gasteiger partial charge in [-0.3, -0.25) is 5.41 Å². The van der Waals surface area contributed by atoms with E-state index in [1.807, 2.05) is 27.8 Å². The Hall–Kier alpha value is -3.06. The van der Waals surface area contributed by atoms with Gasteiger partial charge in [0.25, 0.3) is 10.0 Å². The lowest BCUT2D eigenvalue weighted by Crippen LogP contribution is -2.54. The van der Waals surface area contributed by atoms with Crippen molar-refractivity contribution in [2.75, 3.05) is 39.8 Å². The number of ether oxygens (including phenoxy) is 1. The molecule has 1 fully saturated rings. The van der Waals surface area contributed by atoms with Gasteiger partial charge in [0.15, 0.2) is 0 Å². The molecule has 2 heterocycles. The zero-order chi connectivity index (χ0) is 28.4. The van der Waals surface area contributed by atoms with E-state index in [0.29, 0.717) is 37.1 Å². The molecule has 1 aromatic carbocycles. The summed E-state index contributed by atoms with van der Waals surface area (Å²) in [5.74, 6) is -0.829. The van der Waals surface area contributed by atoms with Crippen molar-refractivity contribution in [2.24, 2.45) is 0 Å². The summed E-state index contributed by atoms with van der Waals surface area (Å²) in [5.41, 5.74) is 2.37. The van der Waals surface area contributed by atoms with Crippen LogP contribution >= 0.6 is 0 Å². The highest BCUT2D eigenvalue weighted by Crippen LogP contribution is 2.43. The molecule has 5 N–H and O–H groups in total. The van der Waals surface area contributed by atoms with E-state index in [9.17, 15) is 23.1 Å². The van der Waals surface area contributed by atoms with Gasteiger partial charge in [-0.15, -0.1) is 0 Å². The number of carbonyl (C=O) groups excluding carboxylic acids is 1. The number of carbonyl (C=O) groups is 2. The lowest BCUT2D eigenvalue weighted by Gasteiger charge is -2.33. The molecule has 212 valence electrons. The summed E-state index contributed by atoms with van der Waals surface area (Å²) in [6, 6.07) is -1.50. The molecule has 1 atom stereocenters. The van der Waals surface area contributed by atoms with Crippen LogP contribution in [0.4, 0.5) is 4.79 Å². The summed E-state index contributed by atoms with van der Waals surface area (Å²) in [6.45, 7) is 11.9. The van der Waals surface area contributed by atoms with Crippen LogP contribution in [0.3, 0.4) is 0 Å². The van der Waals surface area contributed by atoms with Crippen LogP contribution in [0.5, 0.6) is 5.75 Å². The second-order valence-corrected chi connectivity index (χ2v) is 12.3. The number of nitrogens with zero attached hydrogens (tertiary/aromatic N) is 2. The zero-order valence-corrected chi connectivity index (χ0v) is 23.8. The lowest BCUT2D eigenvalue weighted by molar-refractivity contribution is -0.139. The van der Waals surface area contributed by atoms with Gasteiger partial charge in [-0.05, 0) is 71.2 Å². The normalized spacial score (nSPS) is 17.8. The van der Waals surface area contributed by atoms with E-state index in [1.165, 1.54) is 0 Å². The summed E-state index contributed by atoms with van der Waals surface area (Å²) >= 11 is 0. The van der Waals surface area contributed by atoms with Gasteiger partial charge in [0.1, 0.15) is 17.4 Å². The Balaban J connectivity index is 1.55. The molecule has 2 amide bonds. The summed E-state index contributed by atoms with van der Waals surface area (Å²) in [4.78, 5) is 27.9. The van der Waals surface area contributed by atoms with Crippen LogP contribution in [0.25, 0.3) is 0 Å². The molecular formula is C25H40N6O6S. The number of fused-ring (bicyclic) bond motifs is 1. The van der Waals surface area contributed by atoms with Gasteiger partial charge in [0, 0.05) is 44.7 Å². The number of sulfonamides is 1. The molecule has 1 saturated heterocycles. The van der Waals surface area contributed by atoms with Crippen molar-refractivity contribution in [1.29, 1.82) is 5.41 Å². The van der Waals surface area contributed by atoms with Crippen molar-refractivity contribution in [3.05, 3.63) is 22.3 Å². The van der Waals surface area contributed by atoms with Crippen LogP contribution in [0.1, 0.15) is 48.9 Å². The summed E-state index contributed by atoms with van der Waals surface area (Å²) < 4.78 is 34.9. The first kappa shape index (κ1) is 29.5. The fourth-order valence-electron chi connectivity index (χ4n) is 4.90. The number of carboxylic acid groups (broad SMARTS) is 1. The monoisotopic (exact) mass is 552 g/mol. The molecule has 38 heavy (non-hydrogen) atoms. The predicted octanol–water partition coefficient (Wildman–Crippen LogP) is 1.32. The Bertz CT molecular complexity index is 1210. The number of guanidine groups is 1. The van der Waals surface area contributed by atoms with E-state index in [-0.39, 0.29) is 17.9 Å². The number of hydrogen-bond donors (Lipinski definition) is 5. The highest BCUT2D eigenvalue weighted by molar-refractivity contribution is 7.90. The van der Waals surface area contributed by atoms with E-state index in [0.717, 1.165) is 30.0 Å². The van der Waals surface area contributed by atoms with Crippen LogP contribution in [-0.2, 0) is 21.2 Å². The summed E-state index contributed by atoms with van der Waals surface area (Å²) in [6.07, 6.45) is 1.01. The maximum atomic E-state index is 13.3. The molecule has 0 aliphatic carbocycles. The van der Waals surface area contributed by atoms with Crippen LogP contribution in [0.2, 0.25) is 0 Å². The quantitative estimate of drug-likeness (QED) is 0.183. The van der Waals surface area contributed by atoms with Crippen molar-refractivity contribution >= 4 is 28.0 Å². The molecule has 13 heteroatoms. The molecular weight excluding hydrogens is 512 g/mol. The van der Waals surface area contributed by atoms with Crippen LogP contribution in [0.15, 0.2) is 4.90 Å². The number of rotatable bonds is 8. The predicted molar refractivity (Wildman–Crippen MR) is 143 cm³/mol. The molecule has 3 rings (SSSR count). The van der Waals surface area contributed by atoms with Gasteiger partial charge >= 0.3 is 12.0 Å². The topological polar surface area (TPSA) is 164 Å².